The van der Waals surface area contributed by atoms with Gasteiger partial charge in [-0.2, -0.15) is 0 Å². The summed E-state index contributed by atoms with van der Waals surface area (Å²) in [6, 6.07) is 7.27. The number of rotatable bonds is 1. The lowest BCUT2D eigenvalue weighted by molar-refractivity contribution is 0.328. The van der Waals surface area contributed by atoms with Crippen LogP contribution >= 0.6 is 0 Å². The largest absolute Gasteiger partial charge is 0.506 e. The number of benzene rings is 1. The Morgan fingerprint density at radius 3 is 2.59 bits per heavy atom. The van der Waals surface area contributed by atoms with Crippen LogP contribution in [0.2, 0.25) is 0 Å². The van der Waals surface area contributed by atoms with Crippen LogP contribution in [0.1, 0.15) is 32.4 Å². The third-order valence-electron chi connectivity index (χ3n) is 3.05. The molecule has 1 heterocycles. The lowest BCUT2D eigenvalue weighted by Gasteiger charge is -2.28. The van der Waals surface area contributed by atoms with Gasteiger partial charge >= 0.3 is 0 Å². The van der Waals surface area contributed by atoms with Crippen molar-refractivity contribution in [2.45, 2.75) is 26.8 Å². The highest BCUT2D eigenvalue weighted by atomic mass is 16.3. The van der Waals surface area contributed by atoms with Gasteiger partial charge in [-0.3, -0.25) is 4.98 Å². The Kier molecular flexibility index (Phi) is 2.79. The molecule has 2 aromatic rings. The van der Waals surface area contributed by atoms with Crippen molar-refractivity contribution in [1.29, 1.82) is 0 Å². The van der Waals surface area contributed by atoms with Gasteiger partial charge in [0.15, 0.2) is 0 Å². The molecule has 0 aliphatic rings. The molecule has 3 N–H and O–H groups in total. The van der Waals surface area contributed by atoms with Crippen LogP contribution < -0.4 is 5.73 Å². The summed E-state index contributed by atoms with van der Waals surface area (Å²) in [4.78, 5) is 4.20. The summed E-state index contributed by atoms with van der Waals surface area (Å²) < 4.78 is 0. The molecule has 1 atom stereocenters. The summed E-state index contributed by atoms with van der Waals surface area (Å²) in [5.74, 6) is 0.199. The Hall–Kier alpha value is -1.61. The Bertz CT molecular complexity index is 543. The maximum atomic E-state index is 9.78. The zero-order chi connectivity index (χ0) is 12.6. The first-order chi connectivity index (χ1) is 7.91. The molecule has 2 rings (SSSR count). The second-order valence-electron chi connectivity index (χ2n) is 5.42. The van der Waals surface area contributed by atoms with Crippen molar-refractivity contribution in [2.75, 3.05) is 0 Å². The molecule has 90 valence electrons. The quantitative estimate of drug-likeness (QED) is 0.791. The third-order valence-corrected chi connectivity index (χ3v) is 3.05. The summed E-state index contributed by atoms with van der Waals surface area (Å²) in [5, 5.41) is 10.7. The molecule has 0 saturated carbocycles. The molecule has 0 radical (unpaired) electrons. The second-order valence-corrected chi connectivity index (χ2v) is 5.42. The smallest absolute Gasteiger partial charge is 0.141 e. The Labute approximate surface area is 101 Å². The maximum absolute atomic E-state index is 9.78. The zero-order valence-corrected chi connectivity index (χ0v) is 10.4. The first-order valence-corrected chi connectivity index (χ1v) is 5.73. The van der Waals surface area contributed by atoms with Crippen molar-refractivity contribution >= 4 is 10.9 Å². The van der Waals surface area contributed by atoms with Crippen molar-refractivity contribution in [3.05, 3.63) is 36.0 Å². The second kappa shape index (κ2) is 4.00. The molecular formula is C14H18N2O. The van der Waals surface area contributed by atoms with Crippen LogP contribution in [-0.4, -0.2) is 10.1 Å². The van der Waals surface area contributed by atoms with E-state index in [4.69, 9.17) is 5.73 Å². The van der Waals surface area contributed by atoms with Crippen LogP contribution in [0.3, 0.4) is 0 Å². The average Bonchev–Trinajstić information content (AvgIpc) is 2.28. The Morgan fingerprint density at radius 2 is 1.94 bits per heavy atom. The topological polar surface area (TPSA) is 59.1 Å². The van der Waals surface area contributed by atoms with E-state index < -0.39 is 0 Å². The van der Waals surface area contributed by atoms with E-state index in [-0.39, 0.29) is 17.2 Å². The van der Waals surface area contributed by atoms with Gasteiger partial charge < -0.3 is 10.8 Å². The summed E-state index contributed by atoms with van der Waals surface area (Å²) in [6.45, 7) is 6.31. The molecule has 0 saturated heterocycles. The molecule has 1 aromatic carbocycles. The van der Waals surface area contributed by atoms with E-state index in [1.54, 1.807) is 12.3 Å². The highest BCUT2D eigenvalue weighted by Gasteiger charge is 2.24. The minimum atomic E-state index is -0.0881. The summed E-state index contributed by atoms with van der Waals surface area (Å²) >= 11 is 0. The monoisotopic (exact) mass is 230 g/mol. The highest BCUT2D eigenvalue weighted by Crippen LogP contribution is 2.36. The van der Waals surface area contributed by atoms with Gasteiger partial charge in [0.2, 0.25) is 0 Å². The fourth-order valence-corrected chi connectivity index (χ4v) is 1.92. The van der Waals surface area contributed by atoms with Crippen LogP contribution in [0.5, 0.6) is 5.75 Å². The number of hydrogen-bond acceptors (Lipinski definition) is 3. The molecule has 0 aliphatic heterocycles. The van der Waals surface area contributed by atoms with E-state index in [0.717, 1.165) is 10.9 Å². The summed E-state index contributed by atoms with van der Waals surface area (Å²) in [6.07, 6.45) is 1.68. The molecule has 0 amide bonds. The van der Waals surface area contributed by atoms with Gasteiger partial charge in [-0.25, -0.2) is 0 Å². The number of nitrogens with zero attached hydrogens (tertiary/aromatic N) is 1. The SMILES string of the molecule is CC(C)(C)C(N)c1ccc(O)c2ncccc12. The van der Waals surface area contributed by atoms with Crippen molar-refractivity contribution in [3.8, 4) is 5.75 Å². The normalized spacial score (nSPS) is 13.9. The lowest BCUT2D eigenvalue weighted by atomic mass is 9.82. The molecule has 0 spiro atoms. The molecule has 0 bridgehead atoms. The first-order valence-electron chi connectivity index (χ1n) is 5.73. The minimum Gasteiger partial charge on any atom is -0.506 e. The van der Waals surface area contributed by atoms with Crippen LogP contribution in [0, 0.1) is 5.41 Å². The van der Waals surface area contributed by atoms with E-state index in [2.05, 4.69) is 25.8 Å². The van der Waals surface area contributed by atoms with Gasteiger partial charge in [0.1, 0.15) is 11.3 Å². The molecular weight excluding hydrogens is 212 g/mol. The van der Waals surface area contributed by atoms with E-state index >= 15 is 0 Å². The van der Waals surface area contributed by atoms with Crippen molar-refractivity contribution < 1.29 is 5.11 Å². The zero-order valence-electron chi connectivity index (χ0n) is 10.4. The minimum absolute atomic E-state index is 0.0280. The van der Waals surface area contributed by atoms with E-state index in [1.807, 2.05) is 18.2 Å². The van der Waals surface area contributed by atoms with E-state index in [0.29, 0.717) is 5.52 Å². The number of hydrogen-bond donors (Lipinski definition) is 2. The average molecular weight is 230 g/mol. The lowest BCUT2D eigenvalue weighted by Crippen LogP contribution is -2.26. The summed E-state index contributed by atoms with van der Waals surface area (Å²) in [5.41, 5.74) is 7.89. The van der Waals surface area contributed by atoms with Crippen LogP contribution in [-0.2, 0) is 0 Å². The third kappa shape index (κ3) is 2.11. The standard InChI is InChI=1S/C14H18N2O/c1-14(2,3)13(15)10-6-7-11(17)12-9(10)5-4-8-16-12/h4-8,13,17H,15H2,1-3H3. The van der Waals surface area contributed by atoms with Gasteiger partial charge in [-0.05, 0) is 23.1 Å². The fourth-order valence-electron chi connectivity index (χ4n) is 1.92. The number of aromatic hydroxyl groups is 1. The molecule has 0 fully saturated rings. The molecule has 1 unspecified atom stereocenters. The van der Waals surface area contributed by atoms with E-state index in [1.165, 1.54) is 0 Å². The molecule has 3 heteroatoms. The van der Waals surface area contributed by atoms with Crippen molar-refractivity contribution in [3.63, 3.8) is 0 Å². The summed E-state index contributed by atoms with van der Waals surface area (Å²) in [7, 11) is 0. The van der Waals surface area contributed by atoms with Gasteiger partial charge in [-0.15, -0.1) is 0 Å². The van der Waals surface area contributed by atoms with Gasteiger partial charge in [-0.1, -0.05) is 32.9 Å². The first kappa shape index (κ1) is 11.9. The Balaban J connectivity index is 2.67. The van der Waals surface area contributed by atoms with Gasteiger partial charge in [0.05, 0.1) is 0 Å². The Morgan fingerprint density at radius 1 is 1.24 bits per heavy atom. The van der Waals surface area contributed by atoms with Crippen LogP contribution in [0.15, 0.2) is 30.5 Å². The van der Waals surface area contributed by atoms with Crippen LogP contribution in [0.25, 0.3) is 10.9 Å². The number of phenolic OH excluding ortho intramolecular Hbond substituents is 1. The number of nitrogens with two attached hydrogens (primary N) is 1. The maximum Gasteiger partial charge on any atom is 0.141 e. The van der Waals surface area contributed by atoms with Crippen molar-refractivity contribution in [1.82, 2.24) is 4.98 Å². The number of phenols is 1. The predicted molar refractivity (Wildman–Crippen MR) is 69.8 cm³/mol. The van der Waals surface area contributed by atoms with Crippen LogP contribution in [0.4, 0.5) is 0 Å². The van der Waals surface area contributed by atoms with Crippen molar-refractivity contribution in [2.24, 2.45) is 11.1 Å². The molecule has 0 aliphatic carbocycles. The van der Waals surface area contributed by atoms with Gasteiger partial charge in [0, 0.05) is 17.6 Å². The number of fused-ring (bicyclic) bond motifs is 1. The molecule has 3 nitrogen and oxygen atoms in total. The number of pyridine rings is 1. The van der Waals surface area contributed by atoms with E-state index in [9.17, 15) is 5.11 Å². The predicted octanol–water partition coefficient (Wildman–Crippen LogP) is 2.99. The highest BCUT2D eigenvalue weighted by molar-refractivity contribution is 5.87. The van der Waals surface area contributed by atoms with Gasteiger partial charge in [0.25, 0.3) is 0 Å². The molecule has 1 aromatic heterocycles. The molecule has 17 heavy (non-hydrogen) atoms. The fraction of sp³-hybridized carbons (Fsp3) is 0.357. The number of aromatic nitrogens is 1.